The van der Waals surface area contributed by atoms with Crippen molar-refractivity contribution in [2.45, 2.75) is 76.3 Å². The monoisotopic (exact) mass is 276 g/mol. The van der Waals surface area contributed by atoms with Crippen LogP contribution in [0.15, 0.2) is 0 Å². The number of rotatable bonds is 5. The molecular weight excluding hydrogens is 244 g/mol. The molecule has 0 bridgehead atoms. The fourth-order valence-electron chi connectivity index (χ4n) is 5.04. The average Bonchev–Trinajstić information content (AvgIpc) is 3.37. The lowest BCUT2D eigenvalue weighted by Crippen LogP contribution is -2.63. The maximum absolute atomic E-state index is 3.95. The number of hydrogen-bond donors (Lipinski definition) is 1. The van der Waals surface area contributed by atoms with Crippen LogP contribution in [0.1, 0.15) is 64.7 Å². The van der Waals surface area contributed by atoms with Gasteiger partial charge in [-0.25, -0.2) is 0 Å². The summed E-state index contributed by atoms with van der Waals surface area (Å²) in [7, 11) is 0. The smallest absolute Gasteiger partial charge is 0.0309 e. The summed E-state index contributed by atoms with van der Waals surface area (Å²) < 4.78 is 0. The van der Waals surface area contributed by atoms with E-state index in [1.54, 1.807) is 0 Å². The number of piperazine rings is 1. The second-order valence-corrected chi connectivity index (χ2v) is 8.20. The van der Waals surface area contributed by atoms with Gasteiger partial charge in [-0.3, -0.25) is 4.90 Å². The van der Waals surface area contributed by atoms with Crippen LogP contribution >= 0.6 is 0 Å². The second-order valence-electron chi connectivity index (χ2n) is 8.20. The van der Waals surface area contributed by atoms with Gasteiger partial charge in [0, 0.05) is 31.2 Å². The molecule has 1 atom stereocenters. The van der Waals surface area contributed by atoms with Crippen LogP contribution in [0.4, 0.5) is 0 Å². The predicted octanol–water partition coefficient (Wildman–Crippen LogP) is 3.42. The van der Waals surface area contributed by atoms with Crippen LogP contribution in [0.25, 0.3) is 0 Å². The Morgan fingerprint density at radius 3 is 2.30 bits per heavy atom. The summed E-state index contributed by atoms with van der Waals surface area (Å²) in [4.78, 5) is 2.92. The number of hydrogen-bond acceptors (Lipinski definition) is 2. The van der Waals surface area contributed by atoms with Crippen molar-refractivity contribution in [3.05, 3.63) is 0 Å². The fraction of sp³-hybridized carbons (Fsp3) is 1.00. The third kappa shape index (κ3) is 2.66. The zero-order valence-electron chi connectivity index (χ0n) is 13.2. The first-order chi connectivity index (χ1) is 9.80. The minimum Gasteiger partial charge on any atom is -0.308 e. The molecule has 114 valence electrons. The van der Waals surface area contributed by atoms with Crippen molar-refractivity contribution in [3.63, 3.8) is 0 Å². The Labute approximate surface area is 124 Å². The fourth-order valence-corrected chi connectivity index (χ4v) is 5.04. The normalized spacial score (nSPS) is 34.2. The van der Waals surface area contributed by atoms with E-state index in [9.17, 15) is 0 Å². The maximum atomic E-state index is 3.95. The van der Waals surface area contributed by atoms with Gasteiger partial charge in [0.05, 0.1) is 0 Å². The molecular formula is C18H32N2. The van der Waals surface area contributed by atoms with Gasteiger partial charge in [0.2, 0.25) is 0 Å². The minimum atomic E-state index is 0.503. The van der Waals surface area contributed by atoms with E-state index in [4.69, 9.17) is 0 Å². The van der Waals surface area contributed by atoms with E-state index in [2.05, 4.69) is 17.1 Å². The molecule has 2 nitrogen and oxygen atoms in total. The molecule has 0 aromatic heterocycles. The first-order valence-corrected chi connectivity index (χ1v) is 9.29. The Morgan fingerprint density at radius 2 is 1.75 bits per heavy atom. The van der Waals surface area contributed by atoms with Crippen molar-refractivity contribution in [2.75, 3.05) is 19.6 Å². The Hall–Kier alpha value is -0.0800. The van der Waals surface area contributed by atoms with E-state index in [0.717, 1.165) is 23.8 Å². The lowest BCUT2D eigenvalue weighted by molar-refractivity contribution is 0.0570. The van der Waals surface area contributed by atoms with E-state index in [1.807, 2.05) is 0 Å². The molecule has 0 radical (unpaired) electrons. The van der Waals surface area contributed by atoms with Gasteiger partial charge in [0.15, 0.2) is 0 Å². The van der Waals surface area contributed by atoms with Gasteiger partial charge in [-0.1, -0.05) is 19.8 Å². The molecule has 1 N–H and O–H groups in total. The predicted molar refractivity (Wildman–Crippen MR) is 83.8 cm³/mol. The van der Waals surface area contributed by atoms with Crippen LogP contribution in [0.3, 0.4) is 0 Å². The minimum absolute atomic E-state index is 0.503. The summed E-state index contributed by atoms with van der Waals surface area (Å²) in [6, 6.07) is 0.807. The molecule has 4 rings (SSSR count). The van der Waals surface area contributed by atoms with E-state index < -0.39 is 0 Å². The van der Waals surface area contributed by atoms with Crippen molar-refractivity contribution in [3.8, 4) is 0 Å². The molecule has 1 spiro atoms. The van der Waals surface area contributed by atoms with Crippen molar-refractivity contribution in [1.82, 2.24) is 10.2 Å². The van der Waals surface area contributed by atoms with E-state index in [-0.39, 0.29) is 0 Å². The van der Waals surface area contributed by atoms with Gasteiger partial charge in [0.1, 0.15) is 0 Å². The Bertz CT molecular complexity index is 327. The maximum Gasteiger partial charge on any atom is 0.0309 e. The standard InChI is InChI=1S/C18H32N2/c1-2-16-11-19-18(9-3-4-10-18)13-20(16)12-17(14-5-6-14)15-7-8-15/h14-17,19H,2-13H2,1H3. The molecule has 3 aliphatic carbocycles. The van der Waals surface area contributed by atoms with Crippen LogP contribution in [0.2, 0.25) is 0 Å². The van der Waals surface area contributed by atoms with E-state index in [0.29, 0.717) is 5.54 Å². The zero-order chi connectivity index (χ0) is 13.6. The molecule has 0 aromatic carbocycles. The summed E-state index contributed by atoms with van der Waals surface area (Å²) in [6.45, 7) is 6.41. The second kappa shape index (κ2) is 5.28. The summed E-state index contributed by atoms with van der Waals surface area (Å²) in [5, 5.41) is 3.95. The van der Waals surface area contributed by atoms with Crippen molar-refractivity contribution in [2.24, 2.45) is 17.8 Å². The Balaban J connectivity index is 1.44. The highest BCUT2D eigenvalue weighted by molar-refractivity contribution is 5.02. The molecule has 0 aromatic rings. The summed E-state index contributed by atoms with van der Waals surface area (Å²) in [5.41, 5.74) is 0.503. The molecule has 3 saturated carbocycles. The molecule has 20 heavy (non-hydrogen) atoms. The third-order valence-electron chi connectivity index (χ3n) is 6.67. The molecule has 1 heterocycles. The van der Waals surface area contributed by atoms with Gasteiger partial charge in [-0.05, 0) is 62.7 Å². The topological polar surface area (TPSA) is 15.3 Å². The van der Waals surface area contributed by atoms with Gasteiger partial charge >= 0.3 is 0 Å². The first kappa shape index (κ1) is 13.6. The highest BCUT2D eigenvalue weighted by atomic mass is 15.3. The van der Waals surface area contributed by atoms with Crippen LogP contribution in [0.5, 0.6) is 0 Å². The first-order valence-electron chi connectivity index (χ1n) is 9.29. The highest BCUT2D eigenvalue weighted by Gasteiger charge is 2.45. The summed E-state index contributed by atoms with van der Waals surface area (Å²) in [5.74, 6) is 3.27. The third-order valence-corrected chi connectivity index (χ3v) is 6.67. The van der Waals surface area contributed by atoms with Crippen LogP contribution in [-0.2, 0) is 0 Å². The largest absolute Gasteiger partial charge is 0.308 e. The zero-order valence-corrected chi connectivity index (χ0v) is 13.2. The molecule has 1 unspecified atom stereocenters. The average molecular weight is 276 g/mol. The number of nitrogens with one attached hydrogen (secondary N) is 1. The van der Waals surface area contributed by atoms with Crippen LogP contribution < -0.4 is 5.32 Å². The SMILES string of the molecule is CCC1CNC2(CCCC2)CN1CC(C1CC1)C1CC1. The van der Waals surface area contributed by atoms with Gasteiger partial charge in [0.25, 0.3) is 0 Å². The van der Waals surface area contributed by atoms with Crippen LogP contribution in [-0.4, -0.2) is 36.1 Å². The lowest BCUT2D eigenvalue weighted by atomic mass is 9.89. The molecule has 1 aliphatic heterocycles. The van der Waals surface area contributed by atoms with Gasteiger partial charge in [-0.15, -0.1) is 0 Å². The number of nitrogens with zero attached hydrogens (tertiary/aromatic N) is 1. The van der Waals surface area contributed by atoms with Gasteiger partial charge < -0.3 is 5.32 Å². The van der Waals surface area contributed by atoms with Crippen molar-refractivity contribution < 1.29 is 0 Å². The highest BCUT2D eigenvalue weighted by Crippen LogP contribution is 2.50. The Morgan fingerprint density at radius 1 is 1.10 bits per heavy atom. The van der Waals surface area contributed by atoms with Crippen molar-refractivity contribution >= 4 is 0 Å². The molecule has 1 saturated heterocycles. The molecule has 0 amide bonds. The lowest BCUT2D eigenvalue weighted by Gasteiger charge is -2.47. The molecule has 4 fully saturated rings. The van der Waals surface area contributed by atoms with Gasteiger partial charge in [-0.2, -0.15) is 0 Å². The molecule has 2 heteroatoms. The van der Waals surface area contributed by atoms with E-state index >= 15 is 0 Å². The quantitative estimate of drug-likeness (QED) is 0.828. The summed E-state index contributed by atoms with van der Waals surface area (Å²) >= 11 is 0. The molecule has 4 aliphatic rings. The van der Waals surface area contributed by atoms with Crippen molar-refractivity contribution in [1.29, 1.82) is 0 Å². The van der Waals surface area contributed by atoms with E-state index in [1.165, 1.54) is 77.4 Å². The Kier molecular flexibility index (Phi) is 3.58. The summed E-state index contributed by atoms with van der Waals surface area (Å²) in [6.07, 6.45) is 13.2. The van der Waals surface area contributed by atoms with Crippen LogP contribution in [0, 0.1) is 17.8 Å².